The summed E-state index contributed by atoms with van der Waals surface area (Å²) in [4.78, 5) is 38.4. The summed E-state index contributed by atoms with van der Waals surface area (Å²) in [5.74, 6) is -1.69. The number of carbonyl (C=O) groups is 3. The molecule has 2 fully saturated rings. The Labute approximate surface area is 283 Å². The number of hydrogen-bond acceptors (Lipinski definition) is 9. The SMILES string of the molecule is CCOC(=O)C1CCN(S(=O)(=O)c2cccc(-c3nn(-c4ccccc4)cc3C=C3SC(=S)N(CCCCCC(=O)O)C3=O)c2)CC1. The van der Waals surface area contributed by atoms with Gasteiger partial charge >= 0.3 is 11.9 Å². The molecule has 47 heavy (non-hydrogen) atoms. The van der Waals surface area contributed by atoms with E-state index in [4.69, 9.17) is 27.2 Å². The van der Waals surface area contributed by atoms with Gasteiger partial charge in [0.2, 0.25) is 10.0 Å². The van der Waals surface area contributed by atoms with Crippen LogP contribution in [0.4, 0.5) is 0 Å². The third kappa shape index (κ3) is 8.18. The molecule has 3 aromatic rings. The highest BCUT2D eigenvalue weighted by atomic mass is 32.2. The van der Waals surface area contributed by atoms with E-state index in [0.29, 0.717) is 64.7 Å². The van der Waals surface area contributed by atoms with Gasteiger partial charge in [-0.15, -0.1) is 0 Å². The van der Waals surface area contributed by atoms with Gasteiger partial charge in [0.25, 0.3) is 5.91 Å². The molecule has 0 bridgehead atoms. The number of sulfonamides is 1. The van der Waals surface area contributed by atoms with E-state index in [1.165, 1.54) is 21.0 Å². The minimum absolute atomic E-state index is 0.0863. The third-order valence-electron chi connectivity index (χ3n) is 8.01. The topological polar surface area (TPSA) is 139 Å². The number of unbranched alkanes of at least 4 members (excludes halogenated alkanes) is 2. The van der Waals surface area contributed by atoms with Crippen LogP contribution >= 0.6 is 24.0 Å². The molecule has 14 heteroatoms. The molecule has 11 nitrogen and oxygen atoms in total. The number of aromatic nitrogens is 2. The average Bonchev–Trinajstić information content (AvgIpc) is 3.61. The van der Waals surface area contributed by atoms with Crippen LogP contribution < -0.4 is 0 Å². The molecule has 2 aliphatic heterocycles. The summed E-state index contributed by atoms with van der Waals surface area (Å²) < 4.78 is 36.1. The molecule has 0 unspecified atom stereocenters. The van der Waals surface area contributed by atoms with E-state index in [0.717, 1.165) is 5.69 Å². The zero-order chi connectivity index (χ0) is 33.6. The summed E-state index contributed by atoms with van der Waals surface area (Å²) in [6.45, 7) is 2.86. The predicted octanol–water partition coefficient (Wildman–Crippen LogP) is 5.35. The van der Waals surface area contributed by atoms with Gasteiger partial charge in [-0.3, -0.25) is 19.3 Å². The minimum atomic E-state index is -3.86. The van der Waals surface area contributed by atoms with E-state index in [1.807, 2.05) is 30.3 Å². The van der Waals surface area contributed by atoms with E-state index < -0.39 is 16.0 Å². The Balaban J connectivity index is 1.41. The summed E-state index contributed by atoms with van der Waals surface area (Å²) in [5.41, 5.74) is 2.45. The van der Waals surface area contributed by atoms with Gasteiger partial charge in [0.15, 0.2) is 0 Å². The van der Waals surface area contributed by atoms with Gasteiger partial charge in [-0.2, -0.15) is 9.40 Å². The monoisotopic (exact) mass is 696 g/mol. The van der Waals surface area contributed by atoms with Gasteiger partial charge in [0, 0.05) is 43.4 Å². The van der Waals surface area contributed by atoms with E-state index in [9.17, 15) is 22.8 Å². The summed E-state index contributed by atoms with van der Waals surface area (Å²) in [5, 5.41) is 13.7. The molecule has 0 atom stereocenters. The Morgan fingerprint density at radius 2 is 1.83 bits per heavy atom. The maximum atomic E-state index is 13.7. The van der Waals surface area contributed by atoms with Crippen LogP contribution in [0.2, 0.25) is 0 Å². The highest BCUT2D eigenvalue weighted by molar-refractivity contribution is 8.26. The van der Waals surface area contributed by atoms with Crippen molar-refractivity contribution in [1.82, 2.24) is 19.0 Å². The number of thiocarbonyl (C=S) groups is 1. The first-order valence-electron chi connectivity index (χ1n) is 15.5. The Bertz CT molecular complexity index is 1780. The molecule has 0 spiro atoms. The molecule has 1 aromatic heterocycles. The zero-order valence-electron chi connectivity index (χ0n) is 25.9. The summed E-state index contributed by atoms with van der Waals surface area (Å²) >= 11 is 6.70. The Hall–Kier alpha value is -3.85. The van der Waals surface area contributed by atoms with Crippen molar-refractivity contribution in [2.24, 2.45) is 5.92 Å². The fourth-order valence-corrected chi connectivity index (χ4v) is 8.35. The first kappa shape index (κ1) is 34.5. The zero-order valence-corrected chi connectivity index (χ0v) is 28.4. The highest BCUT2D eigenvalue weighted by Crippen LogP contribution is 2.36. The number of piperidine rings is 1. The van der Waals surface area contributed by atoms with Crippen molar-refractivity contribution in [1.29, 1.82) is 0 Å². The van der Waals surface area contributed by atoms with Gasteiger partial charge in [0.05, 0.1) is 28.0 Å². The number of rotatable bonds is 13. The normalized spacial score (nSPS) is 17.0. The van der Waals surface area contributed by atoms with Gasteiger partial charge in [-0.05, 0) is 62.9 Å². The molecular weight excluding hydrogens is 661 g/mol. The summed E-state index contributed by atoms with van der Waals surface area (Å²) in [6.07, 6.45) is 6.22. The molecule has 5 rings (SSSR count). The maximum Gasteiger partial charge on any atom is 0.309 e. The van der Waals surface area contributed by atoms with Crippen LogP contribution in [0.5, 0.6) is 0 Å². The number of hydrogen-bond donors (Lipinski definition) is 1. The number of carbonyl (C=O) groups excluding carboxylic acids is 2. The van der Waals surface area contributed by atoms with Crippen LogP contribution in [0.3, 0.4) is 0 Å². The van der Waals surface area contributed by atoms with Crippen molar-refractivity contribution in [3.05, 3.63) is 71.3 Å². The first-order chi connectivity index (χ1) is 22.6. The molecule has 2 aromatic carbocycles. The number of carboxylic acid groups (broad SMARTS) is 1. The molecule has 2 aliphatic rings. The number of benzene rings is 2. The second-order valence-electron chi connectivity index (χ2n) is 11.2. The smallest absolute Gasteiger partial charge is 0.309 e. The van der Waals surface area contributed by atoms with Crippen molar-refractivity contribution in [2.45, 2.75) is 50.3 Å². The Kier molecular flexibility index (Phi) is 11.3. The second-order valence-corrected chi connectivity index (χ2v) is 14.8. The molecule has 0 saturated carbocycles. The van der Waals surface area contributed by atoms with Crippen LogP contribution in [-0.4, -0.2) is 80.9 Å². The number of amides is 1. The van der Waals surface area contributed by atoms with E-state index in [-0.39, 0.29) is 48.8 Å². The molecule has 1 N–H and O–H groups in total. The second kappa shape index (κ2) is 15.4. The highest BCUT2D eigenvalue weighted by Gasteiger charge is 2.34. The number of esters is 1. The fraction of sp³-hybridized carbons (Fsp3) is 0.364. The van der Waals surface area contributed by atoms with Crippen molar-refractivity contribution in [2.75, 3.05) is 26.2 Å². The lowest BCUT2D eigenvalue weighted by Gasteiger charge is -2.30. The van der Waals surface area contributed by atoms with Crippen LogP contribution in [0.1, 0.15) is 51.0 Å². The van der Waals surface area contributed by atoms with Gasteiger partial charge in [-0.1, -0.05) is 60.7 Å². The Morgan fingerprint density at radius 1 is 1.09 bits per heavy atom. The number of aliphatic carboxylic acids is 1. The molecule has 2 saturated heterocycles. The van der Waals surface area contributed by atoms with Crippen LogP contribution in [0.15, 0.2) is 70.6 Å². The minimum Gasteiger partial charge on any atom is -0.481 e. The van der Waals surface area contributed by atoms with Crippen molar-refractivity contribution in [3.8, 4) is 16.9 Å². The molecular formula is C33H36N4O7S3. The maximum absolute atomic E-state index is 13.7. The summed E-state index contributed by atoms with van der Waals surface area (Å²) in [6, 6.07) is 16.0. The lowest BCUT2D eigenvalue weighted by Crippen LogP contribution is -2.40. The number of para-hydroxylation sites is 1. The number of ether oxygens (including phenoxy) is 1. The molecule has 3 heterocycles. The first-order valence-corrected chi connectivity index (χ1v) is 18.1. The summed E-state index contributed by atoms with van der Waals surface area (Å²) in [7, 11) is -3.86. The third-order valence-corrected chi connectivity index (χ3v) is 11.3. The Morgan fingerprint density at radius 3 is 2.53 bits per heavy atom. The fourth-order valence-electron chi connectivity index (χ4n) is 5.53. The van der Waals surface area contributed by atoms with E-state index >= 15 is 0 Å². The van der Waals surface area contributed by atoms with Gasteiger partial charge in [-0.25, -0.2) is 13.1 Å². The van der Waals surface area contributed by atoms with Crippen molar-refractivity contribution >= 4 is 62.2 Å². The van der Waals surface area contributed by atoms with E-state index in [2.05, 4.69) is 0 Å². The van der Waals surface area contributed by atoms with Crippen molar-refractivity contribution < 1.29 is 32.6 Å². The van der Waals surface area contributed by atoms with Crippen molar-refractivity contribution in [3.63, 3.8) is 0 Å². The molecule has 0 aliphatic carbocycles. The quantitative estimate of drug-likeness (QED) is 0.108. The number of carboxylic acids is 1. The molecule has 1 amide bonds. The van der Waals surface area contributed by atoms with Crippen LogP contribution in [0.25, 0.3) is 23.0 Å². The largest absolute Gasteiger partial charge is 0.481 e. The van der Waals surface area contributed by atoms with Gasteiger partial charge in [0.1, 0.15) is 10.0 Å². The average molecular weight is 697 g/mol. The number of thioether (sulfide) groups is 1. The van der Waals surface area contributed by atoms with Gasteiger partial charge < -0.3 is 9.84 Å². The van der Waals surface area contributed by atoms with E-state index in [1.54, 1.807) is 48.1 Å². The lowest BCUT2D eigenvalue weighted by molar-refractivity contribution is -0.149. The molecule has 0 radical (unpaired) electrons. The molecule has 248 valence electrons. The van der Waals surface area contributed by atoms with Crippen LogP contribution in [0, 0.1) is 5.92 Å². The standard InChI is InChI=1S/C33H36N4O7S3/c1-2-44-32(41)23-15-18-35(19-16-23)47(42,43)27-13-9-10-24(20-27)30-25(22-37(34-30)26-11-5-3-6-12-26)21-28-31(40)36(33(45)46-28)17-8-4-7-14-29(38)39/h3,5-6,9-13,20-23H,2,4,7-8,14-19H2,1H3,(H,38,39). The van der Waals surface area contributed by atoms with Crippen LogP contribution in [-0.2, 0) is 29.1 Å². The lowest BCUT2D eigenvalue weighted by atomic mass is 9.98. The number of nitrogens with zero attached hydrogens (tertiary/aromatic N) is 4. The predicted molar refractivity (Wildman–Crippen MR) is 183 cm³/mol.